The van der Waals surface area contributed by atoms with Crippen molar-refractivity contribution in [2.45, 2.75) is 26.2 Å². The fourth-order valence-electron chi connectivity index (χ4n) is 1.70. The molecular weight excluding hydrogens is 134 g/mol. The SMILES string of the molecule is CCC1CC=C2C=CN=C2C1. The van der Waals surface area contributed by atoms with E-state index in [1.807, 2.05) is 6.20 Å². The molecule has 2 rings (SSSR count). The van der Waals surface area contributed by atoms with E-state index < -0.39 is 0 Å². The molecule has 0 bridgehead atoms. The Morgan fingerprint density at radius 1 is 1.64 bits per heavy atom. The molecule has 2 aliphatic rings. The van der Waals surface area contributed by atoms with Gasteiger partial charge in [-0.3, -0.25) is 4.99 Å². The Morgan fingerprint density at radius 3 is 3.36 bits per heavy atom. The second kappa shape index (κ2) is 2.65. The van der Waals surface area contributed by atoms with E-state index in [1.54, 1.807) is 0 Å². The first-order valence-electron chi connectivity index (χ1n) is 4.34. The summed E-state index contributed by atoms with van der Waals surface area (Å²) in [5.41, 5.74) is 2.68. The minimum Gasteiger partial charge on any atom is -0.261 e. The van der Waals surface area contributed by atoms with E-state index in [9.17, 15) is 0 Å². The topological polar surface area (TPSA) is 12.4 Å². The molecule has 0 aromatic heterocycles. The lowest BCUT2D eigenvalue weighted by Crippen LogP contribution is -2.12. The second-order valence-electron chi connectivity index (χ2n) is 3.27. The molecule has 58 valence electrons. The standard InChI is InChI=1S/C10H13N/c1-2-8-3-4-9-5-6-11-10(9)7-8/h4-6,8H,2-3,7H2,1H3. The van der Waals surface area contributed by atoms with Crippen LogP contribution < -0.4 is 0 Å². The average molecular weight is 147 g/mol. The Kier molecular flexibility index (Phi) is 1.65. The first kappa shape index (κ1) is 6.84. The maximum absolute atomic E-state index is 4.32. The zero-order chi connectivity index (χ0) is 7.68. The molecule has 1 heterocycles. The summed E-state index contributed by atoms with van der Waals surface area (Å²) < 4.78 is 0. The fraction of sp³-hybridized carbons (Fsp3) is 0.500. The summed E-state index contributed by atoms with van der Waals surface area (Å²) in [5, 5.41) is 0. The highest BCUT2D eigenvalue weighted by molar-refractivity contribution is 6.05. The Morgan fingerprint density at radius 2 is 2.55 bits per heavy atom. The lowest BCUT2D eigenvalue weighted by atomic mass is 9.87. The van der Waals surface area contributed by atoms with Gasteiger partial charge in [0.2, 0.25) is 0 Å². The van der Waals surface area contributed by atoms with Crippen LogP contribution in [0.15, 0.2) is 28.9 Å². The van der Waals surface area contributed by atoms with E-state index in [2.05, 4.69) is 24.1 Å². The summed E-state index contributed by atoms with van der Waals surface area (Å²) in [6.07, 6.45) is 10.1. The van der Waals surface area contributed by atoms with Crippen molar-refractivity contribution in [3.05, 3.63) is 23.9 Å². The number of rotatable bonds is 1. The Hall–Kier alpha value is -0.850. The third-order valence-corrected chi connectivity index (χ3v) is 2.55. The van der Waals surface area contributed by atoms with E-state index in [0.29, 0.717) is 0 Å². The third kappa shape index (κ3) is 1.15. The fourth-order valence-corrected chi connectivity index (χ4v) is 1.70. The summed E-state index contributed by atoms with van der Waals surface area (Å²) in [5.74, 6) is 0.845. The van der Waals surface area contributed by atoms with Gasteiger partial charge >= 0.3 is 0 Å². The highest BCUT2D eigenvalue weighted by Gasteiger charge is 2.18. The van der Waals surface area contributed by atoms with Crippen LogP contribution in [-0.2, 0) is 0 Å². The maximum atomic E-state index is 4.32. The Labute approximate surface area is 67.5 Å². The van der Waals surface area contributed by atoms with Crippen LogP contribution in [0.25, 0.3) is 0 Å². The zero-order valence-electron chi connectivity index (χ0n) is 6.88. The lowest BCUT2D eigenvalue weighted by Gasteiger charge is -2.18. The first-order chi connectivity index (χ1) is 5.40. The average Bonchev–Trinajstić information content (AvgIpc) is 2.50. The summed E-state index contributed by atoms with van der Waals surface area (Å²) in [4.78, 5) is 4.32. The first-order valence-corrected chi connectivity index (χ1v) is 4.34. The van der Waals surface area contributed by atoms with Crippen LogP contribution in [0.3, 0.4) is 0 Å². The van der Waals surface area contributed by atoms with E-state index >= 15 is 0 Å². The van der Waals surface area contributed by atoms with E-state index in [4.69, 9.17) is 0 Å². The largest absolute Gasteiger partial charge is 0.261 e. The van der Waals surface area contributed by atoms with Gasteiger partial charge in [0.25, 0.3) is 0 Å². The molecule has 11 heavy (non-hydrogen) atoms. The molecule has 1 aliphatic carbocycles. The van der Waals surface area contributed by atoms with Crippen molar-refractivity contribution in [3.8, 4) is 0 Å². The molecule has 0 radical (unpaired) electrons. The monoisotopic (exact) mass is 147 g/mol. The van der Waals surface area contributed by atoms with Crippen LogP contribution in [0.4, 0.5) is 0 Å². The van der Waals surface area contributed by atoms with Crippen molar-refractivity contribution >= 4 is 5.71 Å². The van der Waals surface area contributed by atoms with Crippen molar-refractivity contribution in [3.63, 3.8) is 0 Å². The van der Waals surface area contributed by atoms with Crippen LogP contribution in [0.5, 0.6) is 0 Å². The smallest absolute Gasteiger partial charge is 0.0476 e. The quantitative estimate of drug-likeness (QED) is 0.540. The van der Waals surface area contributed by atoms with Crippen molar-refractivity contribution in [2.75, 3.05) is 0 Å². The molecule has 1 aliphatic heterocycles. The van der Waals surface area contributed by atoms with Crippen LogP contribution >= 0.6 is 0 Å². The summed E-state index contributed by atoms with van der Waals surface area (Å²) in [6, 6.07) is 0. The van der Waals surface area contributed by atoms with Gasteiger partial charge in [-0.25, -0.2) is 0 Å². The number of nitrogens with zero attached hydrogens (tertiary/aromatic N) is 1. The zero-order valence-corrected chi connectivity index (χ0v) is 6.88. The van der Waals surface area contributed by atoms with Crippen molar-refractivity contribution in [1.82, 2.24) is 0 Å². The number of hydrogen-bond acceptors (Lipinski definition) is 1. The molecule has 0 N–H and O–H groups in total. The lowest BCUT2D eigenvalue weighted by molar-refractivity contribution is 0.530. The molecular formula is C10H13N. The van der Waals surface area contributed by atoms with Gasteiger partial charge in [-0.2, -0.15) is 0 Å². The predicted molar refractivity (Wildman–Crippen MR) is 47.7 cm³/mol. The third-order valence-electron chi connectivity index (χ3n) is 2.55. The Balaban J connectivity index is 2.18. The van der Waals surface area contributed by atoms with E-state index in [1.165, 1.54) is 30.5 Å². The van der Waals surface area contributed by atoms with Gasteiger partial charge < -0.3 is 0 Å². The Bertz CT molecular complexity index is 246. The van der Waals surface area contributed by atoms with Crippen LogP contribution in [0.2, 0.25) is 0 Å². The maximum Gasteiger partial charge on any atom is 0.0476 e. The minimum absolute atomic E-state index is 0.845. The van der Waals surface area contributed by atoms with Gasteiger partial charge in [0, 0.05) is 11.9 Å². The van der Waals surface area contributed by atoms with Gasteiger partial charge in [-0.1, -0.05) is 19.4 Å². The summed E-state index contributed by atoms with van der Waals surface area (Å²) >= 11 is 0. The molecule has 1 atom stereocenters. The number of aliphatic imine (C=N–C) groups is 1. The van der Waals surface area contributed by atoms with Crippen LogP contribution in [0.1, 0.15) is 26.2 Å². The van der Waals surface area contributed by atoms with Gasteiger partial charge in [0.1, 0.15) is 0 Å². The van der Waals surface area contributed by atoms with E-state index in [-0.39, 0.29) is 0 Å². The number of allylic oxidation sites excluding steroid dienone is 3. The van der Waals surface area contributed by atoms with Crippen molar-refractivity contribution in [1.29, 1.82) is 0 Å². The highest BCUT2D eigenvalue weighted by Crippen LogP contribution is 2.27. The summed E-state index contributed by atoms with van der Waals surface area (Å²) in [6.45, 7) is 2.26. The van der Waals surface area contributed by atoms with Crippen molar-refractivity contribution < 1.29 is 0 Å². The molecule has 0 amide bonds. The molecule has 1 unspecified atom stereocenters. The molecule has 0 aromatic rings. The minimum atomic E-state index is 0.845. The molecule has 0 saturated carbocycles. The molecule has 1 nitrogen and oxygen atoms in total. The molecule has 1 heteroatoms. The van der Waals surface area contributed by atoms with Gasteiger partial charge in [0.15, 0.2) is 0 Å². The number of fused-ring (bicyclic) bond motifs is 1. The predicted octanol–water partition coefficient (Wildman–Crippen LogP) is 2.70. The molecule has 0 fully saturated rings. The second-order valence-corrected chi connectivity index (χ2v) is 3.27. The van der Waals surface area contributed by atoms with Crippen LogP contribution in [-0.4, -0.2) is 5.71 Å². The van der Waals surface area contributed by atoms with Gasteiger partial charge in [0.05, 0.1) is 0 Å². The number of hydrogen-bond donors (Lipinski definition) is 0. The molecule has 0 saturated heterocycles. The van der Waals surface area contributed by atoms with Gasteiger partial charge in [-0.05, 0) is 30.4 Å². The van der Waals surface area contributed by atoms with Gasteiger partial charge in [-0.15, -0.1) is 0 Å². The highest BCUT2D eigenvalue weighted by atomic mass is 14.7. The van der Waals surface area contributed by atoms with Crippen LogP contribution in [0, 0.1) is 5.92 Å². The molecule has 0 spiro atoms. The van der Waals surface area contributed by atoms with Crippen molar-refractivity contribution in [2.24, 2.45) is 10.9 Å². The normalized spacial score (nSPS) is 27.9. The van der Waals surface area contributed by atoms with E-state index in [0.717, 1.165) is 5.92 Å². The summed E-state index contributed by atoms with van der Waals surface area (Å²) in [7, 11) is 0. The molecule has 0 aromatic carbocycles.